The van der Waals surface area contributed by atoms with E-state index < -0.39 is 11.5 Å². The molecule has 0 aromatic heterocycles. The van der Waals surface area contributed by atoms with Crippen molar-refractivity contribution >= 4 is 17.6 Å². The number of carboxylic acid groups (broad SMARTS) is 1. The van der Waals surface area contributed by atoms with Gasteiger partial charge in [0.1, 0.15) is 0 Å². The van der Waals surface area contributed by atoms with Gasteiger partial charge in [-0.2, -0.15) is 0 Å². The largest absolute Gasteiger partial charge is 0.478 e. The van der Waals surface area contributed by atoms with E-state index >= 15 is 0 Å². The van der Waals surface area contributed by atoms with E-state index in [4.69, 9.17) is 5.11 Å². The lowest BCUT2D eigenvalue weighted by Crippen LogP contribution is -2.50. The van der Waals surface area contributed by atoms with Gasteiger partial charge in [0.25, 0.3) is 0 Å². The molecule has 1 atom stereocenters. The Morgan fingerprint density at radius 1 is 1.43 bits per heavy atom. The number of hydrogen-bond acceptors (Lipinski definition) is 3. The van der Waals surface area contributed by atoms with Crippen molar-refractivity contribution in [2.24, 2.45) is 0 Å². The van der Waals surface area contributed by atoms with Crippen molar-refractivity contribution in [2.75, 3.05) is 11.9 Å². The van der Waals surface area contributed by atoms with E-state index in [0.717, 1.165) is 37.8 Å². The Balaban J connectivity index is 2.22. The molecule has 2 rings (SSSR count). The number of carboxylic acids is 1. The summed E-state index contributed by atoms with van der Waals surface area (Å²) in [5.41, 5.74) is 1.10. The predicted octanol–water partition coefficient (Wildman–Crippen LogP) is 2.55. The van der Waals surface area contributed by atoms with Crippen LogP contribution in [0.1, 0.15) is 48.5 Å². The number of anilines is 1. The Hall–Kier alpha value is -1.88. The van der Waals surface area contributed by atoms with Crippen LogP contribution in [0.25, 0.3) is 0 Å². The van der Waals surface area contributed by atoms with Crippen LogP contribution in [-0.4, -0.2) is 29.1 Å². The van der Waals surface area contributed by atoms with Crippen molar-refractivity contribution in [3.63, 3.8) is 0 Å². The number of amides is 1. The Morgan fingerprint density at radius 3 is 2.76 bits per heavy atom. The SMILES string of the molecule is CCCC1(C(=O)Nc2cc(C(=O)O)ccc2C)CCCN1. The Labute approximate surface area is 124 Å². The van der Waals surface area contributed by atoms with Gasteiger partial charge in [-0.15, -0.1) is 0 Å². The molecular weight excluding hydrogens is 268 g/mol. The van der Waals surface area contributed by atoms with E-state index in [9.17, 15) is 9.59 Å². The third-order valence-corrected chi connectivity index (χ3v) is 4.09. The van der Waals surface area contributed by atoms with E-state index in [0.29, 0.717) is 5.69 Å². The first kappa shape index (κ1) is 15.5. The molecule has 21 heavy (non-hydrogen) atoms. The first-order valence-electron chi connectivity index (χ1n) is 7.39. The van der Waals surface area contributed by atoms with Gasteiger partial charge in [-0.25, -0.2) is 4.79 Å². The summed E-state index contributed by atoms with van der Waals surface area (Å²) in [6.07, 6.45) is 3.52. The maximum atomic E-state index is 12.6. The summed E-state index contributed by atoms with van der Waals surface area (Å²) in [4.78, 5) is 23.7. The van der Waals surface area contributed by atoms with Gasteiger partial charge in [-0.05, 0) is 50.4 Å². The first-order valence-corrected chi connectivity index (χ1v) is 7.39. The fourth-order valence-corrected chi connectivity index (χ4v) is 2.89. The van der Waals surface area contributed by atoms with E-state index in [1.165, 1.54) is 6.07 Å². The summed E-state index contributed by atoms with van der Waals surface area (Å²) >= 11 is 0. The van der Waals surface area contributed by atoms with Crippen LogP contribution in [0.4, 0.5) is 5.69 Å². The van der Waals surface area contributed by atoms with Crippen LogP contribution in [-0.2, 0) is 4.79 Å². The molecule has 1 aliphatic rings. The summed E-state index contributed by atoms with van der Waals surface area (Å²) in [7, 11) is 0. The van der Waals surface area contributed by atoms with Crippen LogP contribution in [0.15, 0.2) is 18.2 Å². The van der Waals surface area contributed by atoms with Gasteiger partial charge in [0, 0.05) is 5.69 Å². The van der Waals surface area contributed by atoms with Gasteiger partial charge in [-0.3, -0.25) is 4.79 Å². The normalized spacial score (nSPS) is 21.2. The van der Waals surface area contributed by atoms with Crippen LogP contribution in [0, 0.1) is 6.92 Å². The molecule has 5 nitrogen and oxygen atoms in total. The summed E-state index contributed by atoms with van der Waals surface area (Å²) in [5.74, 6) is -1.06. The number of hydrogen-bond donors (Lipinski definition) is 3. The van der Waals surface area contributed by atoms with Crippen molar-refractivity contribution < 1.29 is 14.7 Å². The molecule has 3 N–H and O–H groups in total. The number of rotatable bonds is 5. The molecule has 0 radical (unpaired) electrons. The number of benzene rings is 1. The Bertz CT molecular complexity index is 548. The molecular formula is C16H22N2O3. The summed E-state index contributed by atoms with van der Waals surface area (Å²) in [6, 6.07) is 4.78. The van der Waals surface area contributed by atoms with E-state index in [1.54, 1.807) is 12.1 Å². The standard InChI is InChI=1S/C16H22N2O3/c1-3-7-16(8-4-9-17-16)15(21)18-13-10-12(14(19)20)6-5-11(13)2/h5-6,10,17H,3-4,7-9H2,1-2H3,(H,18,21)(H,19,20). The first-order chi connectivity index (χ1) is 9.98. The van der Waals surface area contributed by atoms with E-state index in [-0.39, 0.29) is 11.5 Å². The lowest BCUT2D eigenvalue weighted by atomic mass is 9.90. The Morgan fingerprint density at radius 2 is 2.19 bits per heavy atom. The third-order valence-electron chi connectivity index (χ3n) is 4.09. The second kappa shape index (κ2) is 6.26. The zero-order chi connectivity index (χ0) is 15.5. The van der Waals surface area contributed by atoms with Gasteiger partial charge >= 0.3 is 5.97 Å². The molecule has 1 saturated heterocycles. The molecule has 0 spiro atoms. The van der Waals surface area contributed by atoms with Gasteiger partial charge < -0.3 is 15.7 Å². The monoisotopic (exact) mass is 290 g/mol. The fraction of sp³-hybridized carbons (Fsp3) is 0.500. The van der Waals surface area contributed by atoms with Crippen molar-refractivity contribution in [3.05, 3.63) is 29.3 Å². The molecule has 114 valence electrons. The number of carbonyl (C=O) groups excluding carboxylic acids is 1. The fourth-order valence-electron chi connectivity index (χ4n) is 2.89. The van der Waals surface area contributed by atoms with Crippen LogP contribution in [0.2, 0.25) is 0 Å². The second-order valence-electron chi connectivity index (χ2n) is 5.65. The summed E-state index contributed by atoms with van der Waals surface area (Å²) < 4.78 is 0. The molecule has 1 fully saturated rings. The van der Waals surface area contributed by atoms with Gasteiger partial charge in [0.05, 0.1) is 11.1 Å². The molecule has 0 aliphatic carbocycles. The summed E-state index contributed by atoms with van der Waals surface area (Å²) in [5, 5.41) is 15.3. The maximum absolute atomic E-state index is 12.6. The van der Waals surface area contributed by atoms with Crippen molar-refractivity contribution in [3.8, 4) is 0 Å². The van der Waals surface area contributed by atoms with E-state index in [2.05, 4.69) is 17.6 Å². The molecule has 1 aromatic rings. The molecule has 1 aromatic carbocycles. The van der Waals surface area contributed by atoms with Gasteiger partial charge in [0.15, 0.2) is 0 Å². The zero-order valence-corrected chi connectivity index (χ0v) is 12.5. The highest BCUT2D eigenvalue weighted by molar-refractivity contribution is 6.00. The number of aryl methyl sites for hydroxylation is 1. The lowest BCUT2D eigenvalue weighted by Gasteiger charge is -2.28. The molecule has 1 heterocycles. The molecule has 5 heteroatoms. The number of carbonyl (C=O) groups is 2. The van der Waals surface area contributed by atoms with Crippen molar-refractivity contribution in [1.29, 1.82) is 0 Å². The summed E-state index contributed by atoms with van der Waals surface area (Å²) in [6.45, 7) is 4.77. The average molecular weight is 290 g/mol. The highest BCUT2D eigenvalue weighted by Gasteiger charge is 2.40. The minimum absolute atomic E-state index is 0.0625. The maximum Gasteiger partial charge on any atom is 0.335 e. The molecule has 1 amide bonds. The minimum atomic E-state index is -0.993. The van der Waals surface area contributed by atoms with Crippen LogP contribution in [0.3, 0.4) is 0 Å². The van der Waals surface area contributed by atoms with Crippen molar-refractivity contribution in [1.82, 2.24) is 5.32 Å². The average Bonchev–Trinajstić information content (AvgIpc) is 2.91. The second-order valence-corrected chi connectivity index (χ2v) is 5.65. The highest BCUT2D eigenvalue weighted by atomic mass is 16.4. The molecule has 0 saturated carbocycles. The smallest absolute Gasteiger partial charge is 0.335 e. The predicted molar refractivity (Wildman–Crippen MR) is 81.6 cm³/mol. The zero-order valence-electron chi connectivity index (χ0n) is 12.5. The van der Waals surface area contributed by atoms with E-state index in [1.807, 2.05) is 6.92 Å². The highest BCUT2D eigenvalue weighted by Crippen LogP contribution is 2.27. The van der Waals surface area contributed by atoms with Gasteiger partial charge in [-0.1, -0.05) is 19.4 Å². The number of nitrogens with one attached hydrogen (secondary N) is 2. The van der Waals surface area contributed by atoms with Gasteiger partial charge in [0.2, 0.25) is 5.91 Å². The van der Waals surface area contributed by atoms with Crippen LogP contribution in [0.5, 0.6) is 0 Å². The molecule has 0 bridgehead atoms. The topological polar surface area (TPSA) is 78.4 Å². The van der Waals surface area contributed by atoms with Crippen molar-refractivity contribution in [2.45, 2.75) is 45.1 Å². The minimum Gasteiger partial charge on any atom is -0.478 e. The Kier molecular flexibility index (Phi) is 4.63. The lowest BCUT2D eigenvalue weighted by molar-refractivity contribution is -0.122. The quantitative estimate of drug-likeness (QED) is 0.778. The van der Waals surface area contributed by atoms with Crippen LogP contribution >= 0.6 is 0 Å². The van der Waals surface area contributed by atoms with Crippen LogP contribution < -0.4 is 10.6 Å². The molecule has 1 aliphatic heterocycles. The molecule has 1 unspecified atom stereocenters. The third kappa shape index (κ3) is 3.24. The number of aromatic carboxylic acids is 1.